The lowest BCUT2D eigenvalue weighted by molar-refractivity contribution is -0.144. The first kappa shape index (κ1) is 14.8. The van der Waals surface area contributed by atoms with Crippen LogP contribution in [0.15, 0.2) is 6.20 Å². The molecule has 110 valence electrons. The van der Waals surface area contributed by atoms with E-state index in [-0.39, 0.29) is 17.9 Å². The van der Waals surface area contributed by atoms with Gasteiger partial charge in [-0.3, -0.25) is 10.1 Å². The highest BCUT2D eigenvalue weighted by Gasteiger charge is 2.30. The first-order valence-electron chi connectivity index (χ1n) is 6.76. The molecule has 1 aliphatic rings. The molecule has 1 aromatic heterocycles. The molecule has 1 heterocycles. The molecule has 7 heteroatoms. The number of carbonyl (C=O) groups excluding carboxylic acids is 1. The zero-order valence-corrected chi connectivity index (χ0v) is 12.2. The molecule has 0 aromatic carbocycles. The summed E-state index contributed by atoms with van der Waals surface area (Å²) in [6.07, 6.45) is 5.24. The van der Waals surface area contributed by atoms with E-state index in [1.54, 1.807) is 6.20 Å². The maximum absolute atomic E-state index is 11.7. The van der Waals surface area contributed by atoms with Crippen LogP contribution in [-0.4, -0.2) is 28.6 Å². The van der Waals surface area contributed by atoms with E-state index < -0.39 is 5.97 Å². The van der Waals surface area contributed by atoms with Gasteiger partial charge in [-0.25, -0.2) is 9.78 Å². The number of aliphatic carboxylic acids is 1. The number of aromatic nitrogens is 1. The highest BCUT2D eigenvalue weighted by Crippen LogP contribution is 2.29. The number of hydrogen-bond acceptors (Lipinski definition) is 4. The average Bonchev–Trinajstić information content (AvgIpc) is 2.82. The van der Waals surface area contributed by atoms with Crippen molar-refractivity contribution >= 4 is 28.5 Å². The first-order valence-corrected chi connectivity index (χ1v) is 7.58. The SMILES string of the molecule is Cc1cnc(NC(=O)NCC2CCCCC2C(=O)O)s1. The molecule has 1 saturated carbocycles. The summed E-state index contributed by atoms with van der Waals surface area (Å²) in [6, 6.07) is -0.325. The van der Waals surface area contributed by atoms with Crippen molar-refractivity contribution in [2.45, 2.75) is 32.6 Å². The second-order valence-corrected chi connectivity index (χ2v) is 6.34. The summed E-state index contributed by atoms with van der Waals surface area (Å²) in [5.41, 5.74) is 0. The van der Waals surface area contributed by atoms with E-state index in [1.165, 1.54) is 11.3 Å². The van der Waals surface area contributed by atoms with Crippen LogP contribution in [0.5, 0.6) is 0 Å². The van der Waals surface area contributed by atoms with E-state index in [4.69, 9.17) is 0 Å². The predicted octanol–water partition coefficient (Wildman–Crippen LogP) is 2.46. The van der Waals surface area contributed by atoms with Crippen LogP contribution in [0.3, 0.4) is 0 Å². The Morgan fingerprint density at radius 3 is 2.85 bits per heavy atom. The summed E-state index contributed by atoms with van der Waals surface area (Å²) in [4.78, 5) is 28.0. The Morgan fingerprint density at radius 2 is 2.20 bits per heavy atom. The number of hydrogen-bond donors (Lipinski definition) is 3. The number of urea groups is 1. The number of nitrogens with zero attached hydrogens (tertiary/aromatic N) is 1. The predicted molar refractivity (Wildman–Crippen MR) is 77.0 cm³/mol. The molecule has 1 aliphatic carbocycles. The number of carboxylic acid groups (broad SMARTS) is 1. The van der Waals surface area contributed by atoms with Crippen molar-refractivity contribution in [2.24, 2.45) is 11.8 Å². The molecule has 0 bridgehead atoms. The second-order valence-electron chi connectivity index (χ2n) is 5.10. The van der Waals surface area contributed by atoms with Gasteiger partial charge in [-0.15, -0.1) is 11.3 Å². The van der Waals surface area contributed by atoms with Crippen LogP contribution < -0.4 is 10.6 Å². The van der Waals surface area contributed by atoms with Crippen LogP contribution in [0.2, 0.25) is 0 Å². The molecule has 2 unspecified atom stereocenters. The lowest BCUT2D eigenvalue weighted by atomic mass is 9.79. The standard InChI is InChI=1S/C13H19N3O3S/c1-8-6-15-13(20-8)16-12(19)14-7-9-4-2-3-5-10(9)11(17)18/h6,9-10H,2-5,7H2,1H3,(H,17,18)(H2,14,15,16,19). The Hall–Kier alpha value is -1.63. The third kappa shape index (κ3) is 3.93. The minimum atomic E-state index is -0.757. The van der Waals surface area contributed by atoms with Crippen molar-refractivity contribution in [3.63, 3.8) is 0 Å². The molecule has 0 saturated heterocycles. The third-order valence-corrected chi connectivity index (χ3v) is 4.42. The first-order chi connectivity index (χ1) is 9.56. The summed E-state index contributed by atoms with van der Waals surface area (Å²) in [6.45, 7) is 2.31. The topological polar surface area (TPSA) is 91.3 Å². The van der Waals surface area contributed by atoms with Crippen molar-refractivity contribution in [1.82, 2.24) is 10.3 Å². The van der Waals surface area contributed by atoms with E-state index >= 15 is 0 Å². The number of carboxylic acids is 1. The number of thiazole rings is 1. The van der Waals surface area contributed by atoms with Crippen LogP contribution in [0, 0.1) is 18.8 Å². The Kier molecular flexibility index (Phi) is 4.94. The Bertz CT molecular complexity index is 489. The Balaban J connectivity index is 1.81. The molecule has 2 rings (SSSR count). The van der Waals surface area contributed by atoms with Gasteiger partial charge in [0.1, 0.15) is 0 Å². The molecular weight excluding hydrogens is 278 g/mol. The molecule has 1 aromatic rings. The Morgan fingerprint density at radius 1 is 1.45 bits per heavy atom. The molecule has 2 amide bonds. The lowest BCUT2D eigenvalue weighted by Crippen LogP contribution is -2.38. The fourth-order valence-corrected chi connectivity index (χ4v) is 3.21. The van der Waals surface area contributed by atoms with Crippen molar-refractivity contribution in [3.05, 3.63) is 11.1 Å². The molecule has 1 fully saturated rings. The van der Waals surface area contributed by atoms with Gasteiger partial charge in [0.05, 0.1) is 5.92 Å². The fraction of sp³-hybridized carbons (Fsp3) is 0.615. The number of amides is 2. The highest BCUT2D eigenvalue weighted by molar-refractivity contribution is 7.15. The van der Waals surface area contributed by atoms with E-state index in [0.717, 1.165) is 24.1 Å². The fourth-order valence-electron chi connectivity index (χ4n) is 2.55. The third-order valence-electron chi connectivity index (χ3n) is 3.59. The van der Waals surface area contributed by atoms with Crippen LogP contribution in [0.1, 0.15) is 30.6 Å². The monoisotopic (exact) mass is 297 g/mol. The van der Waals surface area contributed by atoms with Crippen LogP contribution in [-0.2, 0) is 4.79 Å². The van der Waals surface area contributed by atoms with Gasteiger partial charge in [0.25, 0.3) is 0 Å². The maximum Gasteiger partial charge on any atom is 0.321 e. The normalized spacial score (nSPS) is 22.2. The number of nitrogens with one attached hydrogen (secondary N) is 2. The van der Waals surface area contributed by atoms with Gasteiger partial charge in [-0.05, 0) is 25.7 Å². The summed E-state index contributed by atoms with van der Waals surface area (Å²) in [7, 11) is 0. The smallest absolute Gasteiger partial charge is 0.321 e. The largest absolute Gasteiger partial charge is 0.481 e. The van der Waals surface area contributed by atoms with E-state index in [2.05, 4.69) is 15.6 Å². The number of rotatable bonds is 4. The maximum atomic E-state index is 11.7. The summed E-state index contributed by atoms with van der Waals surface area (Å²) in [5, 5.41) is 15.1. The van der Waals surface area contributed by atoms with Gasteiger partial charge in [0, 0.05) is 17.6 Å². The van der Waals surface area contributed by atoms with Gasteiger partial charge < -0.3 is 10.4 Å². The summed E-state index contributed by atoms with van der Waals surface area (Å²) >= 11 is 1.41. The molecular formula is C13H19N3O3S. The van der Waals surface area contributed by atoms with Crippen molar-refractivity contribution < 1.29 is 14.7 Å². The molecule has 0 radical (unpaired) electrons. The minimum Gasteiger partial charge on any atom is -0.481 e. The number of anilines is 1. The van der Waals surface area contributed by atoms with Crippen LogP contribution in [0.4, 0.5) is 9.93 Å². The van der Waals surface area contributed by atoms with E-state index in [1.807, 2.05) is 6.92 Å². The zero-order valence-electron chi connectivity index (χ0n) is 11.4. The average molecular weight is 297 g/mol. The van der Waals surface area contributed by atoms with Crippen molar-refractivity contribution in [3.8, 4) is 0 Å². The molecule has 0 aliphatic heterocycles. The molecule has 3 N–H and O–H groups in total. The second kappa shape index (κ2) is 6.69. The zero-order chi connectivity index (χ0) is 14.5. The van der Waals surface area contributed by atoms with Gasteiger partial charge >= 0.3 is 12.0 Å². The van der Waals surface area contributed by atoms with Crippen LogP contribution >= 0.6 is 11.3 Å². The highest BCUT2D eigenvalue weighted by atomic mass is 32.1. The summed E-state index contributed by atoms with van der Waals surface area (Å²) in [5.74, 6) is -1.08. The molecule has 6 nitrogen and oxygen atoms in total. The Labute approximate surface area is 121 Å². The van der Waals surface area contributed by atoms with Gasteiger partial charge in [-0.2, -0.15) is 0 Å². The lowest BCUT2D eigenvalue weighted by Gasteiger charge is -2.28. The number of carbonyl (C=O) groups is 2. The van der Waals surface area contributed by atoms with Crippen molar-refractivity contribution in [2.75, 3.05) is 11.9 Å². The summed E-state index contributed by atoms with van der Waals surface area (Å²) < 4.78 is 0. The van der Waals surface area contributed by atoms with Crippen LogP contribution in [0.25, 0.3) is 0 Å². The van der Waals surface area contributed by atoms with Gasteiger partial charge in [0.15, 0.2) is 5.13 Å². The van der Waals surface area contributed by atoms with E-state index in [0.29, 0.717) is 18.1 Å². The van der Waals surface area contributed by atoms with E-state index in [9.17, 15) is 14.7 Å². The quantitative estimate of drug-likeness (QED) is 0.796. The molecule has 0 spiro atoms. The van der Waals surface area contributed by atoms with Gasteiger partial charge in [-0.1, -0.05) is 12.8 Å². The van der Waals surface area contributed by atoms with Gasteiger partial charge in [0.2, 0.25) is 0 Å². The molecule has 20 heavy (non-hydrogen) atoms. The van der Waals surface area contributed by atoms with Crippen molar-refractivity contribution in [1.29, 1.82) is 0 Å². The minimum absolute atomic E-state index is 0.0185. The molecule has 2 atom stereocenters. The number of aryl methyl sites for hydroxylation is 1.